The first kappa shape index (κ1) is 15.6. The molecule has 0 aromatic heterocycles. The summed E-state index contributed by atoms with van der Waals surface area (Å²) in [6.45, 7) is 8.94. The van der Waals surface area contributed by atoms with Gasteiger partial charge in [-0.3, -0.25) is 0 Å². The highest BCUT2D eigenvalue weighted by Gasteiger charge is 2.19. The fourth-order valence-corrected chi connectivity index (χ4v) is 3.71. The van der Waals surface area contributed by atoms with E-state index in [1.165, 1.54) is 35.3 Å². The Hall–Kier alpha value is -0.470. The molecule has 0 aliphatic carbocycles. The average Bonchev–Trinajstić information content (AvgIpc) is 2.37. The quantitative estimate of drug-likeness (QED) is 0.725. The van der Waals surface area contributed by atoms with Gasteiger partial charge in [0, 0.05) is 16.2 Å². The van der Waals surface area contributed by atoms with Crippen molar-refractivity contribution in [2.45, 2.75) is 63.1 Å². The maximum absolute atomic E-state index is 3.49. The standard InChI is InChI=1S/C16H27NS/c1-6-8-14(17-5)15(7-2)18-16-11-12(3)9-10-13(16)4/h9-11,14-15,17H,6-8H2,1-5H3. The molecule has 0 saturated carbocycles. The number of nitrogens with one attached hydrogen (secondary N) is 1. The zero-order valence-electron chi connectivity index (χ0n) is 12.4. The largest absolute Gasteiger partial charge is 0.316 e. The third kappa shape index (κ3) is 4.33. The van der Waals surface area contributed by atoms with Crippen LogP contribution in [-0.2, 0) is 0 Å². The van der Waals surface area contributed by atoms with Crippen LogP contribution in [0.1, 0.15) is 44.2 Å². The summed E-state index contributed by atoms with van der Waals surface area (Å²) in [4.78, 5) is 1.44. The zero-order valence-corrected chi connectivity index (χ0v) is 13.2. The van der Waals surface area contributed by atoms with Crippen LogP contribution in [0, 0.1) is 13.8 Å². The number of hydrogen-bond donors (Lipinski definition) is 1. The van der Waals surface area contributed by atoms with Gasteiger partial charge in [0.1, 0.15) is 0 Å². The fourth-order valence-electron chi connectivity index (χ4n) is 2.27. The molecule has 0 fully saturated rings. The Bertz CT molecular complexity index is 362. The Morgan fingerprint density at radius 3 is 2.50 bits per heavy atom. The van der Waals surface area contributed by atoms with Gasteiger partial charge < -0.3 is 5.32 Å². The van der Waals surface area contributed by atoms with Gasteiger partial charge in [0.2, 0.25) is 0 Å². The summed E-state index contributed by atoms with van der Waals surface area (Å²) in [7, 11) is 2.09. The van der Waals surface area contributed by atoms with E-state index in [2.05, 4.69) is 58.3 Å². The molecule has 2 heteroatoms. The number of rotatable bonds is 7. The predicted molar refractivity (Wildman–Crippen MR) is 83.6 cm³/mol. The minimum Gasteiger partial charge on any atom is -0.316 e. The fraction of sp³-hybridized carbons (Fsp3) is 0.625. The third-order valence-corrected chi connectivity index (χ3v) is 5.10. The SMILES string of the molecule is CCCC(NC)C(CC)Sc1cc(C)ccc1C. The van der Waals surface area contributed by atoms with E-state index in [0.717, 1.165) is 0 Å². The molecule has 18 heavy (non-hydrogen) atoms. The van der Waals surface area contributed by atoms with E-state index in [0.29, 0.717) is 11.3 Å². The van der Waals surface area contributed by atoms with Gasteiger partial charge in [-0.25, -0.2) is 0 Å². The molecule has 1 nitrogen and oxygen atoms in total. The molecule has 2 atom stereocenters. The molecule has 0 saturated heterocycles. The van der Waals surface area contributed by atoms with Crippen LogP contribution in [0.15, 0.2) is 23.1 Å². The lowest BCUT2D eigenvalue weighted by Crippen LogP contribution is -2.35. The molecule has 0 spiro atoms. The van der Waals surface area contributed by atoms with Gasteiger partial charge in [-0.1, -0.05) is 38.0 Å². The topological polar surface area (TPSA) is 12.0 Å². The molecule has 0 aliphatic rings. The molecule has 1 N–H and O–H groups in total. The van der Waals surface area contributed by atoms with Crippen molar-refractivity contribution in [2.24, 2.45) is 0 Å². The van der Waals surface area contributed by atoms with Crippen molar-refractivity contribution >= 4 is 11.8 Å². The number of thioether (sulfide) groups is 1. The maximum Gasteiger partial charge on any atom is 0.0245 e. The molecule has 102 valence electrons. The van der Waals surface area contributed by atoms with E-state index < -0.39 is 0 Å². The lowest BCUT2D eigenvalue weighted by atomic mass is 10.1. The van der Waals surface area contributed by atoms with Crippen LogP contribution >= 0.6 is 11.8 Å². The van der Waals surface area contributed by atoms with Gasteiger partial charge in [0.25, 0.3) is 0 Å². The first-order valence-electron chi connectivity index (χ1n) is 7.03. The number of aryl methyl sites for hydroxylation is 2. The summed E-state index contributed by atoms with van der Waals surface area (Å²) in [5.74, 6) is 0. The highest BCUT2D eigenvalue weighted by atomic mass is 32.2. The Balaban J connectivity index is 2.81. The molecule has 0 radical (unpaired) electrons. The van der Waals surface area contributed by atoms with Crippen molar-refractivity contribution in [1.29, 1.82) is 0 Å². The Labute approximate surface area is 117 Å². The van der Waals surface area contributed by atoms with Crippen molar-refractivity contribution in [3.05, 3.63) is 29.3 Å². The van der Waals surface area contributed by atoms with E-state index in [9.17, 15) is 0 Å². The second-order valence-electron chi connectivity index (χ2n) is 5.02. The van der Waals surface area contributed by atoms with Crippen LogP contribution < -0.4 is 5.32 Å². The third-order valence-electron chi connectivity index (χ3n) is 3.44. The molecular weight excluding hydrogens is 238 g/mol. The lowest BCUT2D eigenvalue weighted by Gasteiger charge is -2.26. The minimum atomic E-state index is 0.616. The van der Waals surface area contributed by atoms with Crippen LogP contribution in [0.5, 0.6) is 0 Å². The molecule has 0 bridgehead atoms. The maximum atomic E-state index is 3.49. The second-order valence-corrected chi connectivity index (χ2v) is 6.30. The predicted octanol–water partition coefficient (Wildman–Crippen LogP) is 4.56. The van der Waals surface area contributed by atoms with E-state index >= 15 is 0 Å². The van der Waals surface area contributed by atoms with Crippen LogP contribution in [0.25, 0.3) is 0 Å². The lowest BCUT2D eigenvalue weighted by molar-refractivity contribution is 0.490. The average molecular weight is 265 g/mol. The van der Waals surface area contributed by atoms with Crippen molar-refractivity contribution < 1.29 is 0 Å². The highest BCUT2D eigenvalue weighted by Crippen LogP contribution is 2.31. The van der Waals surface area contributed by atoms with Crippen molar-refractivity contribution in [1.82, 2.24) is 5.32 Å². The van der Waals surface area contributed by atoms with Crippen molar-refractivity contribution in [3.8, 4) is 0 Å². The van der Waals surface area contributed by atoms with Crippen LogP contribution in [0.3, 0.4) is 0 Å². The number of benzene rings is 1. The van der Waals surface area contributed by atoms with Crippen molar-refractivity contribution in [2.75, 3.05) is 7.05 Å². The molecule has 1 aromatic rings. The summed E-state index contributed by atoms with van der Waals surface area (Å²) >= 11 is 2.04. The molecule has 1 aromatic carbocycles. The Morgan fingerprint density at radius 1 is 1.22 bits per heavy atom. The molecule has 0 amide bonds. The summed E-state index contributed by atoms with van der Waals surface area (Å²) in [6, 6.07) is 7.37. The molecule has 0 aliphatic heterocycles. The molecule has 1 rings (SSSR count). The Kier molecular flexibility index (Phi) is 6.80. The first-order chi connectivity index (χ1) is 8.62. The summed E-state index contributed by atoms with van der Waals surface area (Å²) < 4.78 is 0. The molecular formula is C16H27NS. The second kappa shape index (κ2) is 7.85. The smallest absolute Gasteiger partial charge is 0.0245 e. The van der Waals surface area contributed by atoms with Crippen molar-refractivity contribution in [3.63, 3.8) is 0 Å². The van der Waals surface area contributed by atoms with E-state index in [-0.39, 0.29) is 0 Å². The normalized spacial score (nSPS) is 14.5. The summed E-state index contributed by atoms with van der Waals surface area (Å²) in [5.41, 5.74) is 2.75. The van der Waals surface area contributed by atoms with Crippen LogP contribution in [0.2, 0.25) is 0 Å². The van der Waals surface area contributed by atoms with Gasteiger partial charge in [0.15, 0.2) is 0 Å². The van der Waals surface area contributed by atoms with Crippen LogP contribution in [-0.4, -0.2) is 18.3 Å². The van der Waals surface area contributed by atoms with E-state index in [1.54, 1.807) is 0 Å². The zero-order chi connectivity index (χ0) is 13.5. The number of hydrogen-bond acceptors (Lipinski definition) is 2. The summed E-state index contributed by atoms with van der Waals surface area (Å²) in [6.07, 6.45) is 3.71. The van der Waals surface area contributed by atoms with Gasteiger partial charge in [-0.15, -0.1) is 11.8 Å². The summed E-state index contributed by atoms with van der Waals surface area (Å²) in [5, 5.41) is 4.15. The minimum absolute atomic E-state index is 0.616. The molecule has 2 unspecified atom stereocenters. The van der Waals surface area contributed by atoms with Crippen LogP contribution in [0.4, 0.5) is 0 Å². The highest BCUT2D eigenvalue weighted by molar-refractivity contribution is 8.00. The van der Waals surface area contributed by atoms with Gasteiger partial charge >= 0.3 is 0 Å². The van der Waals surface area contributed by atoms with Gasteiger partial charge in [-0.2, -0.15) is 0 Å². The Morgan fingerprint density at radius 2 is 1.94 bits per heavy atom. The first-order valence-corrected chi connectivity index (χ1v) is 7.91. The van der Waals surface area contributed by atoms with Gasteiger partial charge in [0.05, 0.1) is 0 Å². The monoisotopic (exact) mass is 265 g/mol. The van der Waals surface area contributed by atoms with E-state index in [1.807, 2.05) is 11.8 Å². The van der Waals surface area contributed by atoms with Gasteiger partial charge in [-0.05, 0) is 45.4 Å². The molecule has 0 heterocycles. The van der Waals surface area contributed by atoms with E-state index in [4.69, 9.17) is 0 Å².